The van der Waals surface area contributed by atoms with Crippen molar-refractivity contribution in [2.45, 2.75) is 64.8 Å². The quantitative estimate of drug-likeness (QED) is 0.271. The lowest BCUT2D eigenvalue weighted by atomic mass is 9.62. The minimum atomic E-state index is -0.964. The van der Waals surface area contributed by atoms with Crippen molar-refractivity contribution in [2.24, 2.45) is 0 Å². The molecular formula is C33H37NO3. The van der Waals surface area contributed by atoms with E-state index in [2.05, 4.69) is 83.0 Å². The highest BCUT2D eigenvalue weighted by molar-refractivity contribution is 6.07. The fourth-order valence-electron chi connectivity index (χ4n) is 5.26. The van der Waals surface area contributed by atoms with Gasteiger partial charge in [0.15, 0.2) is 5.78 Å². The van der Waals surface area contributed by atoms with Crippen LogP contribution in [0.3, 0.4) is 0 Å². The first-order chi connectivity index (χ1) is 17.4. The lowest BCUT2D eigenvalue weighted by molar-refractivity contribution is 0.0696. The number of benzene rings is 3. The van der Waals surface area contributed by atoms with Gasteiger partial charge in [-0.15, -0.1) is 0 Å². The molecule has 0 saturated heterocycles. The number of fused-ring (bicyclic) bond motifs is 1. The summed E-state index contributed by atoms with van der Waals surface area (Å²) in [4.78, 5) is 26.8. The molecule has 37 heavy (non-hydrogen) atoms. The lowest BCUT2D eigenvalue weighted by Crippen LogP contribution is -2.36. The van der Waals surface area contributed by atoms with Gasteiger partial charge in [0.25, 0.3) is 0 Å². The molecule has 3 aromatic rings. The predicted octanol–water partition coefficient (Wildman–Crippen LogP) is 7.57. The second-order valence-corrected chi connectivity index (χ2v) is 11.7. The third-order valence-electron chi connectivity index (χ3n) is 7.72. The third-order valence-corrected chi connectivity index (χ3v) is 7.72. The van der Waals surface area contributed by atoms with Crippen LogP contribution in [0.5, 0.6) is 0 Å². The Morgan fingerprint density at radius 2 is 1.51 bits per heavy atom. The molecule has 0 amide bonds. The molecule has 3 aromatic carbocycles. The number of rotatable bonds is 7. The Balaban J connectivity index is 1.74. The molecule has 4 heteroatoms. The monoisotopic (exact) mass is 495 g/mol. The SMILES string of the molecule is Cc1ccc(CN(C)c2cc(C(=O)C=Cc3ccc(C(=O)O)cc3)cc3c2C(C)(C)CCC3(C)C)cc1. The smallest absolute Gasteiger partial charge is 0.335 e. The minimum Gasteiger partial charge on any atom is -0.478 e. The van der Waals surface area contributed by atoms with E-state index in [1.165, 1.54) is 22.3 Å². The van der Waals surface area contributed by atoms with Gasteiger partial charge in [0.2, 0.25) is 0 Å². The van der Waals surface area contributed by atoms with Gasteiger partial charge >= 0.3 is 5.97 Å². The number of ketones is 1. The molecule has 0 spiro atoms. The van der Waals surface area contributed by atoms with E-state index in [0.717, 1.165) is 30.6 Å². The molecule has 0 fully saturated rings. The molecular weight excluding hydrogens is 458 g/mol. The zero-order chi connectivity index (χ0) is 27.0. The molecule has 0 atom stereocenters. The maximum Gasteiger partial charge on any atom is 0.335 e. The van der Waals surface area contributed by atoms with Crippen molar-refractivity contribution in [3.63, 3.8) is 0 Å². The largest absolute Gasteiger partial charge is 0.478 e. The Kier molecular flexibility index (Phi) is 7.14. The first-order valence-electron chi connectivity index (χ1n) is 12.9. The van der Waals surface area contributed by atoms with Crippen molar-refractivity contribution < 1.29 is 14.7 Å². The minimum absolute atomic E-state index is 0.00499. The van der Waals surface area contributed by atoms with E-state index < -0.39 is 5.97 Å². The summed E-state index contributed by atoms with van der Waals surface area (Å²) >= 11 is 0. The number of carbonyl (C=O) groups excluding carboxylic acids is 1. The van der Waals surface area contributed by atoms with Crippen LogP contribution >= 0.6 is 0 Å². The molecule has 0 aliphatic heterocycles. The summed E-state index contributed by atoms with van der Waals surface area (Å²) < 4.78 is 0. The number of nitrogens with zero attached hydrogens (tertiary/aromatic N) is 1. The van der Waals surface area contributed by atoms with E-state index in [1.54, 1.807) is 36.4 Å². The Hall–Kier alpha value is -3.66. The molecule has 4 rings (SSSR count). The molecule has 0 saturated carbocycles. The van der Waals surface area contributed by atoms with Gasteiger partial charge in [0.05, 0.1) is 5.56 Å². The van der Waals surface area contributed by atoms with Crippen molar-refractivity contribution in [1.82, 2.24) is 0 Å². The fourth-order valence-corrected chi connectivity index (χ4v) is 5.26. The van der Waals surface area contributed by atoms with Crippen molar-refractivity contribution in [3.8, 4) is 0 Å². The van der Waals surface area contributed by atoms with Crippen LogP contribution in [-0.4, -0.2) is 23.9 Å². The highest BCUT2D eigenvalue weighted by Crippen LogP contribution is 2.50. The van der Waals surface area contributed by atoms with Crippen molar-refractivity contribution >= 4 is 23.5 Å². The van der Waals surface area contributed by atoms with Gasteiger partial charge in [-0.25, -0.2) is 4.79 Å². The fraction of sp³-hybridized carbons (Fsp3) is 0.333. The van der Waals surface area contributed by atoms with Crippen LogP contribution in [0, 0.1) is 6.92 Å². The number of carbonyl (C=O) groups is 2. The summed E-state index contributed by atoms with van der Waals surface area (Å²) in [6, 6.07) is 19.3. The van der Waals surface area contributed by atoms with E-state index in [1.807, 2.05) is 0 Å². The normalized spacial score (nSPS) is 15.8. The van der Waals surface area contributed by atoms with Crippen LogP contribution in [0.25, 0.3) is 6.08 Å². The molecule has 1 aliphatic rings. The van der Waals surface area contributed by atoms with Crippen LogP contribution in [-0.2, 0) is 17.4 Å². The van der Waals surface area contributed by atoms with Crippen molar-refractivity contribution in [1.29, 1.82) is 0 Å². The zero-order valence-corrected chi connectivity index (χ0v) is 22.8. The highest BCUT2D eigenvalue weighted by Gasteiger charge is 2.40. The maximum absolute atomic E-state index is 13.4. The van der Waals surface area contributed by atoms with Crippen LogP contribution < -0.4 is 4.90 Å². The third kappa shape index (κ3) is 5.69. The maximum atomic E-state index is 13.4. The number of anilines is 1. The van der Waals surface area contributed by atoms with Gasteiger partial charge in [-0.1, -0.05) is 75.7 Å². The first kappa shape index (κ1) is 26.4. The van der Waals surface area contributed by atoms with Crippen LogP contribution in [0.1, 0.15) is 89.1 Å². The topological polar surface area (TPSA) is 57.6 Å². The summed E-state index contributed by atoms with van der Waals surface area (Å²) in [7, 11) is 2.11. The van der Waals surface area contributed by atoms with Crippen molar-refractivity contribution in [2.75, 3.05) is 11.9 Å². The van der Waals surface area contributed by atoms with Gasteiger partial charge in [-0.2, -0.15) is 0 Å². The van der Waals surface area contributed by atoms with Crippen LogP contribution in [0.4, 0.5) is 5.69 Å². The van der Waals surface area contributed by atoms with E-state index in [-0.39, 0.29) is 22.2 Å². The van der Waals surface area contributed by atoms with Gasteiger partial charge in [-0.3, -0.25) is 4.79 Å². The Morgan fingerprint density at radius 3 is 2.14 bits per heavy atom. The number of hydrogen-bond donors (Lipinski definition) is 1. The summed E-state index contributed by atoms with van der Waals surface area (Å²) in [5, 5.41) is 9.12. The van der Waals surface area contributed by atoms with E-state index in [9.17, 15) is 9.59 Å². The first-order valence-corrected chi connectivity index (χ1v) is 12.9. The van der Waals surface area contributed by atoms with E-state index >= 15 is 0 Å². The Labute approximate surface area is 220 Å². The molecule has 0 aromatic heterocycles. The summed E-state index contributed by atoms with van der Waals surface area (Å²) in [5.41, 5.74) is 7.83. The Morgan fingerprint density at radius 1 is 0.892 bits per heavy atom. The average molecular weight is 496 g/mol. The number of aryl methyl sites for hydroxylation is 1. The van der Waals surface area contributed by atoms with Crippen LogP contribution in [0.2, 0.25) is 0 Å². The van der Waals surface area contributed by atoms with Gasteiger partial charge in [-0.05, 0) is 83.2 Å². The number of hydrogen-bond acceptors (Lipinski definition) is 3. The molecule has 0 bridgehead atoms. The summed E-state index contributed by atoms with van der Waals surface area (Å²) in [6.07, 6.45) is 5.50. The summed E-state index contributed by atoms with van der Waals surface area (Å²) in [6.45, 7) is 12.0. The number of allylic oxidation sites excluding steroid dienone is 1. The zero-order valence-electron chi connectivity index (χ0n) is 22.8. The summed E-state index contributed by atoms with van der Waals surface area (Å²) in [5.74, 6) is -1.03. The predicted molar refractivity (Wildman–Crippen MR) is 152 cm³/mol. The van der Waals surface area contributed by atoms with Crippen LogP contribution in [0.15, 0.2) is 66.7 Å². The van der Waals surface area contributed by atoms with E-state index in [4.69, 9.17) is 5.11 Å². The van der Waals surface area contributed by atoms with Gasteiger partial charge in [0.1, 0.15) is 0 Å². The van der Waals surface area contributed by atoms with E-state index in [0.29, 0.717) is 5.56 Å². The van der Waals surface area contributed by atoms with Crippen molar-refractivity contribution in [3.05, 3.63) is 106 Å². The number of carboxylic acid groups (broad SMARTS) is 1. The second kappa shape index (κ2) is 10.0. The molecule has 0 radical (unpaired) electrons. The Bertz CT molecular complexity index is 1350. The molecule has 0 heterocycles. The highest BCUT2D eigenvalue weighted by atomic mass is 16.4. The molecule has 192 valence electrons. The molecule has 1 N–H and O–H groups in total. The molecule has 1 aliphatic carbocycles. The number of aromatic carboxylic acids is 1. The average Bonchev–Trinajstić information content (AvgIpc) is 2.86. The lowest BCUT2D eigenvalue weighted by Gasteiger charge is -2.44. The number of carboxylic acids is 1. The van der Waals surface area contributed by atoms with Gasteiger partial charge < -0.3 is 10.0 Å². The molecule has 0 unspecified atom stereocenters. The molecule has 4 nitrogen and oxygen atoms in total. The second-order valence-electron chi connectivity index (χ2n) is 11.7. The standard InChI is InChI=1S/C33H37NO3/c1-22-7-9-24(10-8-22)21-34(6)28-20-26(19-27-30(28)33(4,5)18-17-32(27,2)3)29(35)16-13-23-11-14-25(15-12-23)31(36)37/h7-16,19-20H,17-18,21H2,1-6H3,(H,36,37). The van der Waals surface area contributed by atoms with Gasteiger partial charge in [0, 0.05) is 24.8 Å².